The first-order valence-corrected chi connectivity index (χ1v) is 9.24. The standard InChI is InChI=1S/C20H30N2O2/c1-13(2)20(15-4-8-18(24-3)9-5-15)22-19(23)12-14-10-16-6-7-17(11-14)21-16/h4-5,8-9,13-14,16-17,20-21H,6-7,10-12H2,1-3H3,(H,22,23). The van der Waals surface area contributed by atoms with E-state index in [0.29, 0.717) is 30.3 Å². The predicted octanol–water partition coefficient (Wildman–Crippen LogP) is 3.43. The average molecular weight is 330 g/mol. The summed E-state index contributed by atoms with van der Waals surface area (Å²) in [5, 5.41) is 6.91. The first-order chi connectivity index (χ1) is 11.5. The van der Waals surface area contributed by atoms with Gasteiger partial charge in [-0.2, -0.15) is 0 Å². The highest BCUT2D eigenvalue weighted by atomic mass is 16.5. The fourth-order valence-electron chi connectivity index (χ4n) is 4.28. The van der Waals surface area contributed by atoms with Gasteiger partial charge in [-0.25, -0.2) is 0 Å². The molecule has 2 N–H and O–H groups in total. The Morgan fingerprint density at radius 1 is 1.21 bits per heavy atom. The molecule has 4 nitrogen and oxygen atoms in total. The summed E-state index contributed by atoms with van der Waals surface area (Å²) in [7, 11) is 1.67. The third kappa shape index (κ3) is 4.10. The van der Waals surface area contributed by atoms with Crippen LogP contribution in [0.4, 0.5) is 0 Å². The highest BCUT2D eigenvalue weighted by Crippen LogP contribution is 2.33. The van der Waals surface area contributed by atoms with Gasteiger partial charge in [0.25, 0.3) is 0 Å². The van der Waals surface area contributed by atoms with Crippen LogP contribution >= 0.6 is 0 Å². The summed E-state index contributed by atoms with van der Waals surface area (Å²) in [5.41, 5.74) is 1.14. The van der Waals surface area contributed by atoms with Crippen molar-refractivity contribution in [2.75, 3.05) is 7.11 Å². The van der Waals surface area contributed by atoms with Crippen molar-refractivity contribution in [3.8, 4) is 5.75 Å². The van der Waals surface area contributed by atoms with Crippen molar-refractivity contribution in [1.29, 1.82) is 0 Å². The first kappa shape index (κ1) is 17.3. The molecule has 2 bridgehead atoms. The van der Waals surface area contributed by atoms with Crippen LogP contribution in [0.1, 0.15) is 57.6 Å². The summed E-state index contributed by atoms with van der Waals surface area (Å²) in [6, 6.07) is 9.36. The largest absolute Gasteiger partial charge is 0.497 e. The molecule has 2 fully saturated rings. The van der Waals surface area contributed by atoms with Gasteiger partial charge in [0.1, 0.15) is 5.75 Å². The summed E-state index contributed by atoms with van der Waals surface area (Å²) in [6.45, 7) is 4.31. The number of hydrogen-bond acceptors (Lipinski definition) is 3. The molecular formula is C20H30N2O2. The number of methoxy groups -OCH3 is 1. The van der Waals surface area contributed by atoms with Crippen molar-refractivity contribution in [2.45, 2.75) is 64.1 Å². The van der Waals surface area contributed by atoms with E-state index in [1.165, 1.54) is 12.8 Å². The molecule has 3 rings (SSSR count). The minimum absolute atomic E-state index is 0.0573. The Balaban J connectivity index is 1.59. The van der Waals surface area contributed by atoms with Crippen LogP contribution < -0.4 is 15.4 Å². The molecule has 3 atom stereocenters. The molecule has 2 heterocycles. The fraction of sp³-hybridized carbons (Fsp3) is 0.650. The zero-order chi connectivity index (χ0) is 17.1. The van der Waals surface area contributed by atoms with Crippen molar-refractivity contribution >= 4 is 5.91 Å². The van der Waals surface area contributed by atoms with Gasteiger partial charge in [-0.3, -0.25) is 4.79 Å². The van der Waals surface area contributed by atoms with Gasteiger partial charge in [-0.15, -0.1) is 0 Å². The Labute approximate surface area is 145 Å². The van der Waals surface area contributed by atoms with Crippen molar-refractivity contribution in [1.82, 2.24) is 10.6 Å². The zero-order valence-corrected chi connectivity index (χ0v) is 15.0. The van der Waals surface area contributed by atoms with Crippen LogP contribution in [0.3, 0.4) is 0 Å². The molecule has 132 valence electrons. The molecule has 0 aromatic heterocycles. The van der Waals surface area contributed by atoms with Crippen molar-refractivity contribution in [2.24, 2.45) is 11.8 Å². The van der Waals surface area contributed by atoms with Gasteiger partial charge in [0, 0.05) is 18.5 Å². The van der Waals surface area contributed by atoms with E-state index in [2.05, 4.69) is 36.6 Å². The fourth-order valence-corrected chi connectivity index (χ4v) is 4.28. The molecule has 0 aliphatic carbocycles. The van der Waals surface area contributed by atoms with E-state index in [4.69, 9.17) is 4.74 Å². The minimum atomic E-state index is 0.0573. The van der Waals surface area contributed by atoms with E-state index in [9.17, 15) is 4.79 Å². The molecule has 1 aromatic carbocycles. The topological polar surface area (TPSA) is 50.4 Å². The molecule has 0 radical (unpaired) electrons. The second-order valence-electron chi connectivity index (χ2n) is 7.74. The van der Waals surface area contributed by atoms with Crippen molar-refractivity contribution in [3.05, 3.63) is 29.8 Å². The number of piperidine rings is 1. The van der Waals surface area contributed by atoms with Crippen LogP contribution in [0.2, 0.25) is 0 Å². The Kier molecular flexibility index (Phi) is 5.44. The molecule has 2 saturated heterocycles. The second-order valence-corrected chi connectivity index (χ2v) is 7.74. The number of amides is 1. The maximum atomic E-state index is 12.6. The molecule has 1 aromatic rings. The van der Waals surface area contributed by atoms with Crippen LogP contribution in [-0.4, -0.2) is 25.1 Å². The number of benzene rings is 1. The number of rotatable bonds is 6. The van der Waals surface area contributed by atoms with Gasteiger partial charge < -0.3 is 15.4 Å². The van der Waals surface area contributed by atoms with Gasteiger partial charge in [0.15, 0.2) is 0 Å². The summed E-state index contributed by atoms with van der Waals surface area (Å²) in [6.07, 6.45) is 5.53. The lowest BCUT2D eigenvalue weighted by molar-refractivity contribution is -0.123. The molecule has 0 saturated carbocycles. The number of carbonyl (C=O) groups is 1. The van der Waals surface area contributed by atoms with Gasteiger partial charge in [-0.05, 0) is 55.2 Å². The first-order valence-electron chi connectivity index (χ1n) is 9.24. The van der Waals surface area contributed by atoms with Gasteiger partial charge in [-0.1, -0.05) is 26.0 Å². The maximum Gasteiger partial charge on any atom is 0.220 e. The lowest BCUT2D eigenvalue weighted by Crippen LogP contribution is -2.40. The second kappa shape index (κ2) is 7.56. The van der Waals surface area contributed by atoms with Gasteiger partial charge in [0.05, 0.1) is 13.2 Å². The Morgan fingerprint density at radius 3 is 2.38 bits per heavy atom. The SMILES string of the molecule is COc1ccc(C(NC(=O)CC2CC3CCC(C2)N3)C(C)C)cc1. The highest BCUT2D eigenvalue weighted by molar-refractivity contribution is 5.76. The van der Waals surface area contributed by atoms with E-state index in [1.54, 1.807) is 7.11 Å². The predicted molar refractivity (Wildman–Crippen MR) is 96.0 cm³/mol. The monoisotopic (exact) mass is 330 g/mol. The van der Waals surface area contributed by atoms with Crippen LogP contribution in [0.25, 0.3) is 0 Å². The summed E-state index contributed by atoms with van der Waals surface area (Å²) in [4.78, 5) is 12.6. The molecule has 4 heteroatoms. The lowest BCUT2D eigenvalue weighted by Gasteiger charge is -2.30. The number of carbonyl (C=O) groups excluding carboxylic acids is 1. The third-order valence-electron chi connectivity index (χ3n) is 5.50. The summed E-state index contributed by atoms with van der Waals surface area (Å²) >= 11 is 0. The number of hydrogen-bond donors (Lipinski definition) is 2. The maximum absolute atomic E-state index is 12.6. The van der Waals surface area contributed by atoms with Crippen LogP contribution in [0, 0.1) is 11.8 Å². The molecule has 3 unspecified atom stereocenters. The molecule has 24 heavy (non-hydrogen) atoms. The van der Waals surface area contributed by atoms with E-state index < -0.39 is 0 Å². The minimum Gasteiger partial charge on any atom is -0.497 e. The number of fused-ring (bicyclic) bond motifs is 2. The Bertz CT molecular complexity index is 543. The number of nitrogens with one attached hydrogen (secondary N) is 2. The van der Waals surface area contributed by atoms with Crippen molar-refractivity contribution < 1.29 is 9.53 Å². The molecule has 2 aliphatic rings. The summed E-state index contributed by atoms with van der Waals surface area (Å²) in [5.74, 6) is 1.92. The van der Waals surface area contributed by atoms with Gasteiger partial charge in [0.2, 0.25) is 5.91 Å². The zero-order valence-electron chi connectivity index (χ0n) is 15.0. The van der Waals surface area contributed by atoms with E-state index >= 15 is 0 Å². The normalized spacial score (nSPS) is 27.1. The Morgan fingerprint density at radius 2 is 1.83 bits per heavy atom. The van der Waals surface area contributed by atoms with Crippen LogP contribution in [-0.2, 0) is 4.79 Å². The van der Waals surface area contributed by atoms with E-state index in [-0.39, 0.29) is 11.9 Å². The van der Waals surface area contributed by atoms with Gasteiger partial charge >= 0.3 is 0 Å². The molecular weight excluding hydrogens is 300 g/mol. The number of ether oxygens (including phenoxy) is 1. The van der Waals surface area contributed by atoms with E-state index in [1.807, 2.05) is 12.1 Å². The smallest absolute Gasteiger partial charge is 0.220 e. The third-order valence-corrected chi connectivity index (χ3v) is 5.50. The Hall–Kier alpha value is -1.55. The average Bonchev–Trinajstić information content (AvgIpc) is 2.91. The molecule has 2 aliphatic heterocycles. The molecule has 0 spiro atoms. The highest BCUT2D eigenvalue weighted by Gasteiger charge is 2.34. The quantitative estimate of drug-likeness (QED) is 0.840. The molecule has 1 amide bonds. The van der Waals surface area contributed by atoms with Crippen LogP contribution in [0.5, 0.6) is 5.75 Å². The van der Waals surface area contributed by atoms with E-state index in [0.717, 1.165) is 24.2 Å². The lowest BCUT2D eigenvalue weighted by atomic mass is 9.89. The summed E-state index contributed by atoms with van der Waals surface area (Å²) < 4.78 is 5.22. The van der Waals surface area contributed by atoms with Crippen LogP contribution in [0.15, 0.2) is 24.3 Å². The van der Waals surface area contributed by atoms with Crippen molar-refractivity contribution in [3.63, 3.8) is 0 Å².